The van der Waals surface area contributed by atoms with E-state index in [1.807, 2.05) is 0 Å². The van der Waals surface area contributed by atoms with Gasteiger partial charge in [0.2, 0.25) is 0 Å². The van der Waals surface area contributed by atoms with E-state index < -0.39 is 0 Å². The molecule has 0 N–H and O–H groups in total. The molecule has 3 aliphatic rings. The first-order valence-corrected chi connectivity index (χ1v) is 21.4. The van der Waals surface area contributed by atoms with Crippen molar-refractivity contribution in [1.82, 2.24) is 0 Å². The summed E-state index contributed by atoms with van der Waals surface area (Å²) < 4.78 is 0. The van der Waals surface area contributed by atoms with E-state index in [9.17, 15) is 0 Å². The molecule has 0 aromatic heterocycles. The third kappa shape index (κ3) is 5.94. The molecule has 0 fully saturated rings. The zero-order valence-electron chi connectivity index (χ0n) is 36.3. The van der Waals surface area contributed by atoms with Crippen molar-refractivity contribution in [3.8, 4) is 33.4 Å². The van der Waals surface area contributed by atoms with Gasteiger partial charge < -0.3 is 4.90 Å². The molecule has 0 saturated heterocycles. The van der Waals surface area contributed by atoms with E-state index >= 15 is 0 Å². The largest absolute Gasteiger partial charge is 0.310 e. The van der Waals surface area contributed by atoms with Gasteiger partial charge in [0, 0.05) is 22.4 Å². The Morgan fingerprint density at radius 2 is 0.965 bits per heavy atom. The Labute approximate surface area is 343 Å². The molecule has 0 spiro atoms. The highest BCUT2D eigenvalue weighted by molar-refractivity contribution is 5.97. The molecule has 1 nitrogen and oxygen atoms in total. The SMILES string of the molecule is Cc1ccc2c(c1-c1cc3c(cc1N(c1ccc(-c4ccccc4)cc1)c1ccc4c(c1)C(C)(C)CCC4(C)C)C(C)(C)c1ccccc1-3)C(C)(C)CCC2(C)C. The molecule has 0 radical (unpaired) electrons. The van der Waals surface area contributed by atoms with Crippen molar-refractivity contribution in [1.29, 1.82) is 0 Å². The Balaban J connectivity index is 1.39. The maximum atomic E-state index is 2.61. The first kappa shape index (κ1) is 37.7. The Kier molecular flexibility index (Phi) is 8.47. The van der Waals surface area contributed by atoms with E-state index in [4.69, 9.17) is 0 Å². The third-order valence-corrected chi connectivity index (χ3v) is 14.7. The first-order chi connectivity index (χ1) is 26.9. The molecule has 0 saturated carbocycles. The Morgan fingerprint density at radius 1 is 0.404 bits per heavy atom. The lowest BCUT2D eigenvalue weighted by Crippen LogP contribution is -2.34. The summed E-state index contributed by atoms with van der Waals surface area (Å²) in [5.41, 5.74) is 22.0. The van der Waals surface area contributed by atoms with E-state index in [0.717, 1.165) is 0 Å². The summed E-state index contributed by atoms with van der Waals surface area (Å²) in [6, 6.07) is 46.7. The van der Waals surface area contributed by atoms with E-state index in [1.54, 1.807) is 0 Å². The fourth-order valence-electron chi connectivity index (χ4n) is 10.9. The van der Waals surface area contributed by atoms with Crippen LogP contribution in [0.2, 0.25) is 0 Å². The molecule has 6 aromatic rings. The highest BCUT2D eigenvalue weighted by atomic mass is 15.1. The van der Waals surface area contributed by atoms with Gasteiger partial charge in [0.25, 0.3) is 0 Å². The quantitative estimate of drug-likeness (QED) is 0.170. The van der Waals surface area contributed by atoms with Crippen LogP contribution < -0.4 is 4.90 Å². The van der Waals surface area contributed by atoms with E-state index in [2.05, 4.69) is 202 Å². The third-order valence-electron chi connectivity index (χ3n) is 14.7. The van der Waals surface area contributed by atoms with E-state index in [1.165, 1.54) is 115 Å². The highest BCUT2D eigenvalue weighted by Gasteiger charge is 2.42. The minimum atomic E-state index is -0.143. The number of fused-ring (bicyclic) bond motifs is 5. The standard InChI is InChI=1S/C56H61N/c1-36-21-27-46-51(55(8,9)32-31-53(46,4)5)50(36)43-34-42-41-19-15-16-20-44(41)56(10,11)47(42)35-49(43)57(39-24-22-38(23-25-39)37-17-13-12-14-18-37)40-26-28-45-48(33-40)54(6,7)30-29-52(45,2)3/h12-28,33-35H,29-32H2,1-11H3. The van der Waals surface area contributed by atoms with Crippen molar-refractivity contribution in [2.75, 3.05) is 4.90 Å². The second kappa shape index (κ2) is 12.8. The minimum absolute atomic E-state index is 0.0310. The van der Waals surface area contributed by atoms with Crippen LogP contribution in [0.4, 0.5) is 17.1 Å². The number of hydrogen-bond acceptors (Lipinski definition) is 1. The van der Waals surface area contributed by atoms with Crippen LogP contribution in [0.5, 0.6) is 0 Å². The minimum Gasteiger partial charge on any atom is -0.310 e. The fraction of sp³-hybridized carbons (Fsp3) is 0.357. The number of hydrogen-bond donors (Lipinski definition) is 0. The lowest BCUT2D eigenvalue weighted by molar-refractivity contribution is 0.332. The number of rotatable bonds is 5. The number of nitrogens with zero attached hydrogens (tertiary/aromatic N) is 1. The smallest absolute Gasteiger partial charge is 0.0543 e. The van der Waals surface area contributed by atoms with Crippen LogP contribution in [0.3, 0.4) is 0 Å². The highest BCUT2D eigenvalue weighted by Crippen LogP contribution is 2.57. The van der Waals surface area contributed by atoms with Crippen LogP contribution in [0.1, 0.15) is 134 Å². The molecule has 0 atom stereocenters. The van der Waals surface area contributed by atoms with Crippen molar-refractivity contribution >= 4 is 17.1 Å². The van der Waals surface area contributed by atoms with Gasteiger partial charge in [-0.15, -0.1) is 0 Å². The number of aryl methyl sites for hydroxylation is 1. The van der Waals surface area contributed by atoms with Crippen LogP contribution in [-0.2, 0) is 27.1 Å². The van der Waals surface area contributed by atoms with E-state index in [-0.39, 0.29) is 27.1 Å². The Morgan fingerprint density at radius 3 is 1.67 bits per heavy atom. The molecule has 9 rings (SSSR count). The normalized spacial score (nSPS) is 18.9. The van der Waals surface area contributed by atoms with Crippen LogP contribution in [0, 0.1) is 6.92 Å². The van der Waals surface area contributed by atoms with Crippen molar-refractivity contribution in [2.24, 2.45) is 0 Å². The Hall–Kier alpha value is -4.88. The van der Waals surface area contributed by atoms with Gasteiger partial charge >= 0.3 is 0 Å². The molecular formula is C56H61N. The molecule has 6 aromatic carbocycles. The fourth-order valence-corrected chi connectivity index (χ4v) is 10.9. The molecule has 1 heteroatoms. The summed E-state index contributed by atoms with van der Waals surface area (Å²) in [6.45, 7) is 26.9. The molecule has 3 aliphatic carbocycles. The second-order valence-electron chi connectivity index (χ2n) is 20.8. The molecule has 57 heavy (non-hydrogen) atoms. The van der Waals surface area contributed by atoms with Crippen LogP contribution in [-0.4, -0.2) is 0 Å². The summed E-state index contributed by atoms with van der Waals surface area (Å²) in [7, 11) is 0. The average Bonchev–Trinajstić information content (AvgIpc) is 3.41. The van der Waals surface area contributed by atoms with Gasteiger partial charge in [-0.1, -0.05) is 154 Å². The summed E-state index contributed by atoms with van der Waals surface area (Å²) in [5, 5.41) is 0. The van der Waals surface area contributed by atoms with Crippen molar-refractivity contribution < 1.29 is 0 Å². The molecule has 0 heterocycles. The van der Waals surface area contributed by atoms with Gasteiger partial charge in [-0.3, -0.25) is 0 Å². The first-order valence-electron chi connectivity index (χ1n) is 21.4. The van der Waals surface area contributed by atoms with Crippen molar-refractivity contribution in [2.45, 2.75) is 129 Å². The van der Waals surface area contributed by atoms with Gasteiger partial charge in [0.15, 0.2) is 0 Å². The summed E-state index contributed by atoms with van der Waals surface area (Å²) in [6.07, 6.45) is 4.74. The van der Waals surface area contributed by atoms with Crippen molar-refractivity contribution in [3.05, 3.63) is 160 Å². The van der Waals surface area contributed by atoms with Crippen molar-refractivity contribution in [3.63, 3.8) is 0 Å². The zero-order chi connectivity index (χ0) is 40.3. The second-order valence-corrected chi connectivity index (χ2v) is 20.8. The van der Waals surface area contributed by atoms with Crippen LogP contribution >= 0.6 is 0 Å². The molecule has 0 amide bonds. The van der Waals surface area contributed by atoms with Gasteiger partial charge in [0.1, 0.15) is 0 Å². The lowest BCUT2D eigenvalue weighted by Gasteiger charge is -2.44. The number of anilines is 3. The summed E-state index contributed by atoms with van der Waals surface area (Å²) in [4.78, 5) is 2.61. The van der Waals surface area contributed by atoms with Gasteiger partial charge in [0.05, 0.1) is 5.69 Å². The maximum absolute atomic E-state index is 2.61. The van der Waals surface area contributed by atoms with Gasteiger partial charge in [-0.2, -0.15) is 0 Å². The maximum Gasteiger partial charge on any atom is 0.0543 e. The molecular weight excluding hydrogens is 687 g/mol. The predicted octanol–water partition coefficient (Wildman–Crippen LogP) is 15.8. The molecule has 0 bridgehead atoms. The molecule has 0 aliphatic heterocycles. The summed E-state index contributed by atoms with van der Waals surface area (Å²) in [5.74, 6) is 0. The Bertz CT molecular complexity index is 2540. The predicted molar refractivity (Wildman–Crippen MR) is 245 cm³/mol. The van der Waals surface area contributed by atoms with E-state index in [0.29, 0.717) is 0 Å². The van der Waals surface area contributed by atoms with Crippen LogP contribution in [0.25, 0.3) is 33.4 Å². The average molecular weight is 748 g/mol. The number of benzene rings is 6. The topological polar surface area (TPSA) is 3.24 Å². The van der Waals surface area contributed by atoms with Gasteiger partial charge in [-0.05, 0) is 157 Å². The van der Waals surface area contributed by atoms with Gasteiger partial charge in [-0.25, -0.2) is 0 Å². The lowest BCUT2D eigenvalue weighted by atomic mass is 9.61. The zero-order valence-corrected chi connectivity index (χ0v) is 36.3. The summed E-state index contributed by atoms with van der Waals surface area (Å²) >= 11 is 0. The van der Waals surface area contributed by atoms with Crippen LogP contribution in [0.15, 0.2) is 121 Å². The molecule has 290 valence electrons. The monoisotopic (exact) mass is 747 g/mol. The molecule has 0 unspecified atom stereocenters.